The second kappa shape index (κ2) is 16.1. The topological polar surface area (TPSA) is 0 Å². The third-order valence-corrected chi connectivity index (χ3v) is 8.93. The molecule has 8 rings (SSSR count). The van der Waals surface area contributed by atoms with Gasteiger partial charge >= 0.3 is 21.7 Å². The summed E-state index contributed by atoms with van der Waals surface area (Å²) >= 11 is 0. The van der Waals surface area contributed by atoms with Crippen molar-refractivity contribution < 1.29 is 46.5 Å². The summed E-state index contributed by atoms with van der Waals surface area (Å²) in [6.07, 6.45) is 11.9. The van der Waals surface area contributed by atoms with Gasteiger partial charge in [-0.05, 0) is 48.3 Å². The Labute approximate surface area is 279 Å². The predicted molar refractivity (Wildman–Crippen MR) is 172 cm³/mol. The van der Waals surface area contributed by atoms with E-state index in [-0.39, 0.29) is 46.5 Å². The maximum absolute atomic E-state index is 3.38. The molecule has 0 nitrogen and oxygen atoms in total. The monoisotopic (exact) mass is 626 g/mol. The van der Waals surface area contributed by atoms with Gasteiger partial charge in [0.05, 0.1) is 0 Å². The Morgan fingerprint density at radius 3 is 1.26 bits per heavy atom. The number of benzene rings is 4. The first-order valence-corrected chi connectivity index (χ1v) is 15.0. The first-order chi connectivity index (χ1) is 19.2. The summed E-state index contributed by atoms with van der Waals surface area (Å²) < 4.78 is 0. The van der Waals surface area contributed by atoms with Crippen molar-refractivity contribution in [3.8, 4) is 0 Å². The number of rotatable bonds is 2. The van der Waals surface area contributed by atoms with Gasteiger partial charge in [-0.3, -0.25) is 0 Å². The average molecular weight is 628 g/mol. The van der Waals surface area contributed by atoms with Crippen molar-refractivity contribution in [3.05, 3.63) is 122 Å². The molecule has 0 atom stereocenters. The number of fused-ring (bicyclic) bond motifs is 6. The van der Waals surface area contributed by atoms with Crippen molar-refractivity contribution in [1.82, 2.24) is 0 Å². The van der Waals surface area contributed by atoms with E-state index < -0.39 is 0 Å². The van der Waals surface area contributed by atoms with E-state index in [1.165, 1.54) is 94.5 Å². The SMILES string of the molecule is [CH2-]C[CH2-].[Cl-].[Cl-].[Ti+2].c1ccc2c(c1)ccc1[cH-]c(C3CCCC3)cc12.c1ccc2c(c1)ccc1[cH-]c(C3CCCC3)cc12. The molecule has 0 aliphatic heterocycles. The first kappa shape index (κ1) is 34.4. The normalized spacial score (nSPS) is 14.9. The Bertz CT molecular complexity index is 1550. The van der Waals surface area contributed by atoms with Gasteiger partial charge in [0.25, 0.3) is 0 Å². The Kier molecular flexibility index (Phi) is 13.2. The summed E-state index contributed by atoms with van der Waals surface area (Å²) in [6, 6.07) is 36.2. The van der Waals surface area contributed by atoms with Crippen molar-refractivity contribution in [2.24, 2.45) is 0 Å². The molecular formula is C39H40Cl2Ti-4. The quantitative estimate of drug-likeness (QED) is 0.169. The van der Waals surface area contributed by atoms with Gasteiger partial charge in [0.2, 0.25) is 0 Å². The zero-order valence-electron chi connectivity index (χ0n) is 24.4. The molecule has 0 unspecified atom stereocenters. The summed E-state index contributed by atoms with van der Waals surface area (Å²) in [5.41, 5.74) is 3.14. The van der Waals surface area contributed by atoms with E-state index in [1.807, 2.05) is 0 Å². The van der Waals surface area contributed by atoms with E-state index in [4.69, 9.17) is 0 Å². The molecule has 0 aromatic heterocycles. The fraction of sp³-hybridized carbons (Fsp3) is 0.282. The predicted octanol–water partition coefficient (Wildman–Crippen LogP) is 5.79. The largest absolute Gasteiger partial charge is 2.00 e. The number of hydrogen-bond acceptors (Lipinski definition) is 0. The molecule has 0 radical (unpaired) electrons. The van der Waals surface area contributed by atoms with Gasteiger partial charge in [-0.25, -0.2) is 0 Å². The molecule has 0 saturated heterocycles. The van der Waals surface area contributed by atoms with Crippen molar-refractivity contribution >= 4 is 43.1 Å². The van der Waals surface area contributed by atoms with Crippen molar-refractivity contribution in [1.29, 1.82) is 0 Å². The average Bonchev–Trinajstić information content (AvgIpc) is 3.79. The van der Waals surface area contributed by atoms with E-state index in [2.05, 4.69) is 111 Å². The van der Waals surface area contributed by atoms with Crippen molar-refractivity contribution in [2.75, 3.05) is 0 Å². The molecule has 0 amide bonds. The molecule has 42 heavy (non-hydrogen) atoms. The first-order valence-electron chi connectivity index (χ1n) is 15.0. The summed E-state index contributed by atoms with van der Waals surface area (Å²) in [4.78, 5) is 0. The van der Waals surface area contributed by atoms with Crippen LogP contribution in [0.4, 0.5) is 0 Å². The molecule has 0 N–H and O–H groups in total. The Balaban J connectivity index is 0.000000198. The van der Waals surface area contributed by atoms with Crippen molar-refractivity contribution in [3.63, 3.8) is 0 Å². The molecule has 2 fully saturated rings. The Morgan fingerprint density at radius 2 is 0.881 bits per heavy atom. The molecule has 3 heteroatoms. The van der Waals surface area contributed by atoms with Crippen LogP contribution in [0, 0.1) is 13.8 Å². The molecule has 2 aliphatic carbocycles. The zero-order chi connectivity index (χ0) is 26.6. The molecule has 6 aromatic carbocycles. The minimum atomic E-state index is 0. The molecule has 0 bridgehead atoms. The van der Waals surface area contributed by atoms with E-state index in [0.717, 1.165) is 18.3 Å². The maximum atomic E-state index is 3.38. The van der Waals surface area contributed by atoms with Gasteiger partial charge in [-0.1, -0.05) is 97.1 Å². The van der Waals surface area contributed by atoms with Crippen LogP contribution in [0.2, 0.25) is 0 Å². The van der Waals surface area contributed by atoms with Crippen LogP contribution in [0.25, 0.3) is 43.1 Å². The summed E-state index contributed by atoms with van der Waals surface area (Å²) in [5, 5.41) is 11.2. The van der Waals surface area contributed by atoms with E-state index in [1.54, 1.807) is 11.1 Å². The molecule has 0 spiro atoms. The van der Waals surface area contributed by atoms with E-state index in [0.29, 0.717) is 0 Å². The third-order valence-electron chi connectivity index (χ3n) is 8.93. The van der Waals surface area contributed by atoms with Crippen LogP contribution in [-0.2, 0) is 21.7 Å². The molecule has 6 aromatic rings. The maximum Gasteiger partial charge on any atom is 2.00 e. The smallest absolute Gasteiger partial charge is 1.00 e. The van der Waals surface area contributed by atoms with Crippen LogP contribution in [0.15, 0.2) is 97.1 Å². The van der Waals surface area contributed by atoms with Crippen LogP contribution in [0.1, 0.15) is 80.8 Å². The fourth-order valence-corrected chi connectivity index (χ4v) is 6.96. The standard InChI is InChI=1S/2C18H17.C3H6.2ClH.Ti/c2*1-2-6-13(5-1)16-11-15-10-9-14-7-3-4-8-17(14)18(15)12-16;1-3-2;;;/h2*3-4,7-13H,1-2,5-6H2;1-3H2;2*1H;/q2*-1;-2;;;+2/p-2. The van der Waals surface area contributed by atoms with Crippen LogP contribution < -0.4 is 24.8 Å². The van der Waals surface area contributed by atoms with Crippen molar-refractivity contribution in [2.45, 2.75) is 69.6 Å². The van der Waals surface area contributed by atoms with Crippen LogP contribution >= 0.6 is 0 Å². The molecule has 0 heterocycles. The van der Waals surface area contributed by atoms with Gasteiger partial charge in [0.15, 0.2) is 0 Å². The molecule has 218 valence electrons. The number of halogens is 2. The van der Waals surface area contributed by atoms with Gasteiger partial charge in [-0.15, -0.1) is 56.9 Å². The Morgan fingerprint density at radius 1 is 0.524 bits per heavy atom. The van der Waals surface area contributed by atoms with E-state index >= 15 is 0 Å². The number of hydrogen-bond donors (Lipinski definition) is 0. The van der Waals surface area contributed by atoms with Crippen LogP contribution in [0.3, 0.4) is 0 Å². The summed E-state index contributed by atoms with van der Waals surface area (Å²) in [7, 11) is 0. The van der Waals surface area contributed by atoms with Gasteiger partial charge < -0.3 is 45.1 Å². The summed E-state index contributed by atoms with van der Waals surface area (Å²) in [5.74, 6) is 1.63. The second-order valence-corrected chi connectivity index (χ2v) is 11.5. The zero-order valence-corrected chi connectivity index (χ0v) is 27.5. The molecular weight excluding hydrogens is 587 g/mol. The third kappa shape index (κ3) is 7.34. The second-order valence-electron chi connectivity index (χ2n) is 11.5. The molecule has 2 aliphatic rings. The molecule has 2 saturated carbocycles. The summed E-state index contributed by atoms with van der Waals surface area (Å²) in [6.45, 7) is 6.75. The van der Waals surface area contributed by atoms with Crippen LogP contribution in [-0.4, -0.2) is 0 Å². The minimum absolute atomic E-state index is 0. The minimum Gasteiger partial charge on any atom is -1.00 e. The van der Waals surface area contributed by atoms with Crippen LogP contribution in [0.5, 0.6) is 0 Å². The fourth-order valence-electron chi connectivity index (χ4n) is 6.96. The van der Waals surface area contributed by atoms with Gasteiger partial charge in [-0.2, -0.15) is 12.1 Å². The Hall–Kier alpha value is -2.09. The van der Waals surface area contributed by atoms with Gasteiger partial charge in [0.1, 0.15) is 0 Å². The van der Waals surface area contributed by atoms with E-state index in [9.17, 15) is 0 Å². The van der Waals surface area contributed by atoms with Gasteiger partial charge in [0, 0.05) is 0 Å².